The molecule has 0 aliphatic heterocycles. The van der Waals surface area contributed by atoms with E-state index in [0.29, 0.717) is 68.9 Å². The SMILES string of the molecule is C=CC(=O)OCCC[Si](O[Si](C(C)C)(C(C)C)C(C)C)(O[Si](C(C)C)(C(C)C)C(C)C)O[Si](C(C)C)(C(C)C)C(C)C. The van der Waals surface area contributed by atoms with Crippen LogP contribution in [0.1, 0.15) is 131 Å². The summed E-state index contributed by atoms with van der Waals surface area (Å²) in [5.41, 5.74) is 3.60. The van der Waals surface area contributed by atoms with E-state index in [2.05, 4.69) is 131 Å². The number of carbonyl (C=O) groups excluding carboxylic acids is 1. The van der Waals surface area contributed by atoms with Crippen LogP contribution in [0.3, 0.4) is 0 Å². The lowest BCUT2D eigenvalue weighted by Crippen LogP contribution is -2.69. The van der Waals surface area contributed by atoms with Crippen LogP contribution < -0.4 is 0 Å². The van der Waals surface area contributed by atoms with Gasteiger partial charge in [-0.05, 0) is 56.3 Å². The van der Waals surface area contributed by atoms with E-state index in [1.165, 1.54) is 6.08 Å². The molecule has 250 valence electrons. The van der Waals surface area contributed by atoms with Crippen LogP contribution in [0.25, 0.3) is 0 Å². The molecule has 42 heavy (non-hydrogen) atoms. The molecule has 9 heteroatoms. The molecule has 0 saturated carbocycles. The van der Waals surface area contributed by atoms with Crippen molar-refractivity contribution in [1.82, 2.24) is 0 Å². The predicted octanol–water partition coefficient (Wildman–Crippen LogP) is 11.6. The average Bonchev–Trinajstić information content (AvgIpc) is 2.84. The lowest BCUT2D eigenvalue weighted by Gasteiger charge is -2.56. The van der Waals surface area contributed by atoms with Crippen LogP contribution in [-0.4, -0.2) is 46.3 Å². The molecule has 0 spiro atoms. The third-order valence-corrected chi connectivity index (χ3v) is 35.3. The number of rotatable bonds is 20. The fraction of sp³-hybridized carbons (Fsp3) is 0.909. The minimum atomic E-state index is -3.38. The van der Waals surface area contributed by atoms with Gasteiger partial charge in [0, 0.05) is 12.1 Å². The largest absolute Gasteiger partial charge is 0.469 e. The smallest absolute Gasteiger partial charge is 0.463 e. The highest BCUT2D eigenvalue weighted by atomic mass is 28.5. The molecule has 0 N–H and O–H groups in total. The second-order valence-corrected chi connectivity index (χ2v) is 35.2. The van der Waals surface area contributed by atoms with Gasteiger partial charge in [0.1, 0.15) is 0 Å². The van der Waals surface area contributed by atoms with Crippen molar-refractivity contribution >= 4 is 39.7 Å². The topological polar surface area (TPSA) is 54.0 Å². The van der Waals surface area contributed by atoms with Gasteiger partial charge in [-0.3, -0.25) is 0 Å². The lowest BCUT2D eigenvalue weighted by molar-refractivity contribution is -0.137. The zero-order valence-corrected chi connectivity index (χ0v) is 35.1. The molecule has 0 fully saturated rings. The summed E-state index contributed by atoms with van der Waals surface area (Å²) in [4.78, 5) is 12.0. The van der Waals surface area contributed by atoms with Gasteiger partial charge in [0.25, 0.3) is 0 Å². The summed E-state index contributed by atoms with van der Waals surface area (Å²) in [6.45, 7) is 46.3. The Hall–Kier alpha value is -0.0425. The van der Waals surface area contributed by atoms with Gasteiger partial charge >= 0.3 is 14.8 Å². The molecule has 0 bridgehead atoms. The van der Waals surface area contributed by atoms with Crippen LogP contribution in [0.4, 0.5) is 0 Å². The van der Waals surface area contributed by atoms with Crippen LogP contribution in [0, 0.1) is 0 Å². The fourth-order valence-corrected chi connectivity index (χ4v) is 39.0. The molecule has 5 nitrogen and oxygen atoms in total. The maximum absolute atomic E-state index is 12.0. The highest BCUT2D eigenvalue weighted by molar-refractivity contribution is 6.94. The number of hydrogen-bond donors (Lipinski definition) is 0. The van der Waals surface area contributed by atoms with Crippen molar-refractivity contribution in [1.29, 1.82) is 0 Å². The van der Waals surface area contributed by atoms with Crippen molar-refractivity contribution in [3.63, 3.8) is 0 Å². The molecule has 0 aromatic rings. The van der Waals surface area contributed by atoms with E-state index in [1.807, 2.05) is 0 Å². The van der Waals surface area contributed by atoms with Crippen LogP contribution in [-0.2, 0) is 21.9 Å². The summed E-state index contributed by atoms with van der Waals surface area (Å²) in [7, 11) is -10.7. The first-order valence-corrected chi connectivity index (χ1v) is 25.3. The second-order valence-electron chi connectivity index (χ2n) is 15.4. The van der Waals surface area contributed by atoms with Crippen LogP contribution >= 0.6 is 0 Å². The normalized spacial score (nSPS) is 14.3. The molecular formula is C33H72O5Si4. The number of ether oxygens (including phenoxy) is 1. The first kappa shape index (κ1) is 42.0. The van der Waals surface area contributed by atoms with E-state index in [4.69, 9.17) is 17.1 Å². The third kappa shape index (κ3) is 9.03. The summed E-state index contributed by atoms with van der Waals surface area (Å²) in [6.07, 6.45) is 1.90. The molecule has 0 aromatic carbocycles. The van der Waals surface area contributed by atoms with Gasteiger partial charge in [-0.1, -0.05) is 131 Å². The van der Waals surface area contributed by atoms with Gasteiger partial charge in [-0.2, -0.15) is 0 Å². The Balaban J connectivity index is 7.88. The second kappa shape index (κ2) is 17.0. The summed E-state index contributed by atoms with van der Waals surface area (Å²) < 4.78 is 29.5. The van der Waals surface area contributed by atoms with E-state index >= 15 is 0 Å². The molecule has 0 radical (unpaired) electrons. The molecule has 0 atom stereocenters. The molecule has 0 heterocycles. The maximum Gasteiger partial charge on any atom is 0.469 e. The number of hydrogen-bond acceptors (Lipinski definition) is 5. The van der Waals surface area contributed by atoms with Crippen molar-refractivity contribution in [3.8, 4) is 0 Å². The fourth-order valence-electron chi connectivity index (χ4n) is 8.60. The summed E-state index contributed by atoms with van der Waals surface area (Å²) in [5, 5.41) is 0. The summed E-state index contributed by atoms with van der Waals surface area (Å²) in [6, 6.07) is 0.667. The van der Waals surface area contributed by atoms with Gasteiger partial charge in [-0.25, -0.2) is 4.79 Å². The van der Waals surface area contributed by atoms with Crippen molar-refractivity contribution in [3.05, 3.63) is 12.7 Å². The van der Waals surface area contributed by atoms with Gasteiger partial charge in [0.2, 0.25) is 0 Å². The Labute approximate surface area is 267 Å². The summed E-state index contributed by atoms with van der Waals surface area (Å²) >= 11 is 0. The van der Waals surface area contributed by atoms with Crippen molar-refractivity contribution in [2.45, 2.75) is 187 Å². The van der Waals surface area contributed by atoms with Crippen molar-refractivity contribution in [2.75, 3.05) is 6.61 Å². The molecular weight excluding hydrogens is 589 g/mol. The quantitative estimate of drug-likeness (QED) is 0.0563. The summed E-state index contributed by atoms with van der Waals surface area (Å²) in [5.74, 6) is -0.384. The van der Waals surface area contributed by atoms with E-state index in [-0.39, 0.29) is 5.97 Å². The molecule has 0 saturated heterocycles. The molecule has 0 unspecified atom stereocenters. The predicted molar refractivity (Wildman–Crippen MR) is 193 cm³/mol. The van der Waals surface area contributed by atoms with Crippen molar-refractivity contribution in [2.24, 2.45) is 0 Å². The zero-order chi connectivity index (χ0) is 33.4. The molecule has 0 rings (SSSR count). The molecule has 0 aromatic heterocycles. The Bertz CT molecular complexity index is 672. The lowest BCUT2D eigenvalue weighted by atomic mass is 10.5. The first-order chi connectivity index (χ1) is 19.1. The molecule has 0 aliphatic carbocycles. The first-order valence-electron chi connectivity index (χ1n) is 17.0. The molecule has 0 aliphatic rings. The van der Waals surface area contributed by atoms with Gasteiger partial charge in [0.05, 0.1) is 6.61 Å². The molecule has 0 amide bonds. The highest BCUT2D eigenvalue weighted by Gasteiger charge is 2.63. The average molecular weight is 661 g/mol. The van der Waals surface area contributed by atoms with Gasteiger partial charge in [0.15, 0.2) is 25.0 Å². The van der Waals surface area contributed by atoms with Crippen molar-refractivity contribution < 1.29 is 21.9 Å². The monoisotopic (exact) mass is 660 g/mol. The standard InChI is InChI=1S/C33H72O5Si4/c1-20-33(34)35-22-21-23-39(36-40(24(2)3,25(4)5)26(6)7,37-41(27(8)9,28(10)11)29(12)13)38-42(30(14)15,31(16)17)32(18)19/h20,24-32H,1,21-23H2,2-19H3. The highest BCUT2D eigenvalue weighted by Crippen LogP contribution is 2.53. The zero-order valence-electron chi connectivity index (χ0n) is 31.1. The van der Waals surface area contributed by atoms with Crippen LogP contribution in [0.15, 0.2) is 12.7 Å². The minimum Gasteiger partial charge on any atom is -0.463 e. The Morgan fingerprint density at radius 3 is 0.952 bits per heavy atom. The van der Waals surface area contributed by atoms with Crippen LogP contribution in [0.5, 0.6) is 0 Å². The van der Waals surface area contributed by atoms with Gasteiger partial charge < -0.3 is 17.1 Å². The number of esters is 1. The Morgan fingerprint density at radius 1 is 0.524 bits per heavy atom. The van der Waals surface area contributed by atoms with E-state index in [1.54, 1.807) is 0 Å². The minimum absolute atomic E-state index is 0.314. The third-order valence-electron chi connectivity index (χ3n) is 10.2. The van der Waals surface area contributed by atoms with E-state index in [9.17, 15) is 4.79 Å². The maximum atomic E-state index is 12.0. The Kier molecular flexibility index (Phi) is 17.0. The van der Waals surface area contributed by atoms with Crippen LogP contribution in [0.2, 0.25) is 55.9 Å². The van der Waals surface area contributed by atoms with Gasteiger partial charge in [-0.15, -0.1) is 0 Å². The van der Waals surface area contributed by atoms with E-state index in [0.717, 1.165) is 0 Å². The Morgan fingerprint density at radius 2 is 0.762 bits per heavy atom. The number of carbonyl (C=O) groups is 1. The van der Waals surface area contributed by atoms with E-state index < -0.39 is 33.8 Å².